The monoisotopic (exact) mass is 257 g/mol. The van der Waals surface area contributed by atoms with Gasteiger partial charge in [0.1, 0.15) is 5.82 Å². The lowest BCUT2D eigenvalue weighted by atomic mass is 9.85. The van der Waals surface area contributed by atoms with E-state index in [9.17, 15) is 4.79 Å². The third-order valence-corrected chi connectivity index (χ3v) is 3.85. The molecule has 1 aliphatic rings. The third-order valence-electron chi connectivity index (χ3n) is 3.85. The van der Waals surface area contributed by atoms with Crippen LogP contribution in [-0.2, 0) is 11.2 Å². The Morgan fingerprint density at radius 1 is 1.47 bits per heavy atom. The van der Waals surface area contributed by atoms with Gasteiger partial charge in [-0.1, -0.05) is 12.5 Å². The van der Waals surface area contributed by atoms with Crippen molar-refractivity contribution < 1.29 is 4.79 Å². The number of imidazole rings is 1. The first-order valence-corrected chi connectivity index (χ1v) is 6.95. The molecular weight excluding hydrogens is 238 g/mol. The zero-order valence-corrected chi connectivity index (χ0v) is 11.2. The summed E-state index contributed by atoms with van der Waals surface area (Å²) in [4.78, 5) is 19.3. The number of H-pyrrole nitrogens is 1. The number of aromatic nitrogens is 2. The zero-order chi connectivity index (χ0) is 13.2. The molecule has 2 aromatic rings. The summed E-state index contributed by atoms with van der Waals surface area (Å²) in [5, 5.41) is 3.02. The first kappa shape index (κ1) is 12.2. The van der Waals surface area contributed by atoms with Gasteiger partial charge in [-0.05, 0) is 43.9 Å². The Kier molecular flexibility index (Phi) is 3.23. The summed E-state index contributed by atoms with van der Waals surface area (Å²) < 4.78 is 0. The first-order valence-electron chi connectivity index (χ1n) is 6.95. The Balaban J connectivity index is 1.57. The van der Waals surface area contributed by atoms with Crippen molar-refractivity contribution in [2.24, 2.45) is 5.92 Å². The molecular formula is C15H19N3O. The number of nitrogens with one attached hydrogen (secondary N) is 2. The lowest BCUT2D eigenvalue weighted by Gasteiger charge is -2.23. The zero-order valence-electron chi connectivity index (χ0n) is 11.2. The normalized spacial score (nSPS) is 15.4. The number of aromatic amines is 1. The summed E-state index contributed by atoms with van der Waals surface area (Å²) in [7, 11) is 0. The van der Waals surface area contributed by atoms with Gasteiger partial charge in [-0.2, -0.15) is 0 Å². The fourth-order valence-corrected chi connectivity index (χ4v) is 2.48. The molecule has 3 rings (SSSR count). The first-order chi connectivity index (χ1) is 9.22. The molecule has 1 aliphatic carbocycles. The quantitative estimate of drug-likeness (QED) is 0.883. The highest BCUT2D eigenvalue weighted by Crippen LogP contribution is 2.26. The van der Waals surface area contributed by atoms with Gasteiger partial charge in [-0.25, -0.2) is 4.98 Å². The predicted octanol–water partition coefficient (Wildman–Crippen LogP) is 2.33. The average Bonchev–Trinajstić information content (AvgIpc) is 2.66. The molecule has 0 radical (unpaired) electrons. The maximum atomic E-state index is 11.7. The predicted molar refractivity (Wildman–Crippen MR) is 74.9 cm³/mol. The van der Waals surface area contributed by atoms with Crippen molar-refractivity contribution in [3.63, 3.8) is 0 Å². The van der Waals surface area contributed by atoms with Crippen LogP contribution in [0.15, 0.2) is 18.2 Å². The van der Waals surface area contributed by atoms with Crippen LogP contribution in [0, 0.1) is 12.8 Å². The van der Waals surface area contributed by atoms with E-state index >= 15 is 0 Å². The smallest absolute Gasteiger partial charge is 0.223 e. The number of benzene rings is 1. The number of hydrogen-bond donors (Lipinski definition) is 2. The van der Waals surface area contributed by atoms with Crippen LogP contribution in [0.2, 0.25) is 0 Å². The highest BCUT2D eigenvalue weighted by atomic mass is 16.1. The fraction of sp³-hybridized carbons (Fsp3) is 0.467. The summed E-state index contributed by atoms with van der Waals surface area (Å²) in [6, 6.07) is 6.23. The van der Waals surface area contributed by atoms with E-state index in [4.69, 9.17) is 0 Å². The number of carbonyl (C=O) groups excluding carboxylic acids is 1. The van der Waals surface area contributed by atoms with E-state index < -0.39 is 0 Å². The standard InChI is InChI=1S/C15H19N3O/c1-10-17-13-6-5-11(9-14(13)18-10)7-8-16-15(19)12-3-2-4-12/h5-6,9,12H,2-4,7-8H2,1H3,(H,16,19)(H,17,18). The van der Waals surface area contributed by atoms with Gasteiger partial charge >= 0.3 is 0 Å². The van der Waals surface area contributed by atoms with Crippen molar-refractivity contribution in [1.82, 2.24) is 15.3 Å². The third kappa shape index (κ3) is 2.62. The summed E-state index contributed by atoms with van der Waals surface area (Å²) in [5.41, 5.74) is 3.30. The maximum absolute atomic E-state index is 11.7. The van der Waals surface area contributed by atoms with Gasteiger partial charge in [-0.15, -0.1) is 0 Å². The minimum atomic E-state index is 0.227. The van der Waals surface area contributed by atoms with Gasteiger partial charge in [0.25, 0.3) is 0 Å². The molecule has 1 amide bonds. The van der Waals surface area contributed by atoms with Crippen molar-refractivity contribution in [2.75, 3.05) is 6.54 Å². The molecule has 19 heavy (non-hydrogen) atoms. The molecule has 2 N–H and O–H groups in total. The topological polar surface area (TPSA) is 57.8 Å². The molecule has 4 heteroatoms. The second-order valence-electron chi connectivity index (χ2n) is 5.34. The SMILES string of the molecule is Cc1nc2ccc(CCNC(=O)C3CCC3)cc2[nH]1. The van der Waals surface area contributed by atoms with Gasteiger partial charge in [0, 0.05) is 12.5 Å². The number of nitrogens with zero attached hydrogens (tertiary/aromatic N) is 1. The second-order valence-corrected chi connectivity index (χ2v) is 5.34. The number of fused-ring (bicyclic) bond motifs is 1. The van der Waals surface area contributed by atoms with Crippen molar-refractivity contribution in [3.8, 4) is 0 Å². The van der Waals surface area contributed by atoms with Gasteiger partial charge in [0.15, 0.2) is 0 Å². The number of aryl methyl sites for hydroxylation is 1. The van der Waals surface area contributed by atoms with Gasteiger partial charge in [0.2, 0.25) is 5.91 Å². The van der Waals surface area contributed by atoms with Crippen molar-refractivity contribution in [1.29, 1.82) is 0 Å². The van der Waals surface area contributed by atoms with Crippen LogP contribution in [0.1, 0.15) is 30.7 Å². The largest absolute Gasteiger partial charge is 0.356 e. The van der Waals surface area contributed by atoms with Gasteiger partial charge < -0.3 is 10.3 Å². The van der Waals surface area contributed by atoms with E-state index in [0.717, 1.165) is 36.1 Å². The van der Waals surface area contributed by atoms with Crippen LogP contribution in [0.4, 0.5) is 0 Å². The van der Waals surface area contributed by atoms with Crippen LogP contribution in [0.3, 0.4) is 0 Å². The average molecular weight is 257 g/mol. The Bertz CT molecular complexity index is 598. The van der Waals surface area contributed by atoms with Gasteiger partial charge in [0.05, 0.1) is 11.0 Å². The maximum Gasteiger partial charge on any atom is 0.223 e. The van der Waals surface area contributed by atoms with Crippen molar-refractivity contribution in [2.45, 2.75) is 32.6 Å². The van der Waals surface area contributed by atoms with Crippen molar-refractivity contribution in [3.05, 3.63) is 29.6 Å². The molecule has 0 bridgehead atoms. The van der Waals surface area contributed by atoms with Crippen LogP contribution in [0.5, 0.6) is 0 Å². The van der Waals surface area contributed by atoms with Crippen LogP contribution in [-0.4, -0.2) is 22.4 Å². The summed E-state index contributed by atoms with van der Waals surface area (Å²) >= 11 is 0. The molecule has 1 saturated carbocycles. The van der Waals surface area contributed by atoms with Crippen LogP contribution >= 0.6 is 0 Å². The Morgan fingerprint density at radius 2 is 2.32 bits per heavy atom. The van der Waals surface area contributed by atoms with Crippen LogP contribution in [0.25, 0.3) is 11.0 Å². The Morgan fingerprint density at radius 3 is 3.05 bits per heavy atom. The van der Waals surface area contributed by atoms with E-state index in [1.54, 1.807) is 0 Å². The second kappa shape index (κ2) is 5.03. The molecule has 0 saturated heterocycles. The van der Waals surface area contributed by atoms with E-state index in [2.05, 4.69) is 27.4 Å². The Hall–Kier alpha value is -1.84. The summed E-state index contributed by atoms with van der Waals surface area (Å²) in [5.74, 6) is 1.44. The number of rotatable bonds is 4. The highest BCUT2D eigenvalue weighted by Gasteiger charge is 2.24. The van der Waals surface area contributed by atoms with E-state index in [0.29, 0.717) is 6.54 Å². The minimum absolute atomic E-state index is 0.227. The highest BCUT2D eigenvalue weighted by molar-refractivity contribution is 5.79. The Labute approximate surface area is 112 Å². The number of carbonyl (C=O) groups is 1. The molecule has 0 aliphatic heterocycles. The lowest BCUT2D eigenvalue weighted by Crippen LogP contribution is -2.35. The molecule has 1 fully saturated rings. The van der Waals surface area contributed by atoms with E-state index in [1.807, 2.05) is 13.0 Å². The van der Waals surface area contributed by atoms with E-state index in [1.165, 1.54) is 12.0 Å². The van der Waals surface area contributed by atoms with Crippen LogP contribution < -0.4 is 5.32 Å². The minimum Gasteiger partial charge on any atom is -0.356 e. The fourth-order valence-electron chi connectivity index (χ4n) is 2.48. The molecule has 1 heterocycles. The number of hydrogen-bond acceptors (Lipinski definition) is 2. The van der Waals surface area contributed by atoms with E-state index in [-0.39, 0.29) is 11.8 Å². The lowest BCUT2D eigenvalue weighted by molar-refractivity contribution is -0.127. The summed E-state index contributed by atoms with van der Waals surface area (Å²) in [6.07, 6.45) is 4.19. The molecule has 0 spiro atoms. The molecule has 1 aromatic carbocycles. The molecule has 100 valence electrons. The van der Waals surface area contributed by atoms with Crippen molar-refractivity contribution >= 4 is 16.9 Å². The molecule has 0 atom stereocenters. The molecule has 1 aromatic heterocycles. The molecule has 0 unspecified atom stereocenters. The van der Waals surface area contributed by atoms with Gasteiger partial charge in [-0.3, -0.25) is 4.79 Å². The molecule has 4 nitrogen and oxygen atoms in total. The summed E-state index contributed by atoms with van der Waals surface area (Å²) in [6.45, 7) is 2.67. The number of amides is 1.